The third-order valence-corrected chi connectivity index (χ3v) is 3.76. The van der Waals surface area contributed by atoms with Crippen molar-refractivity contribution in [2.45, 2.75) is 20.4 Å². The van der Waals surface area contributed by atoms with E-state index in [1.807, 2.05) is 19.9 Å². The highest BCUT2D eigenvalue weighted by molar-refractivity contribution is 6.35. The Morgan fingerprint density at radius 2 is 2.00 bits per heavy atom. The highest BCUT2D eigenvalue weighted by Gasteiger charge is 2.24. The summed E-state index contributed by atoms with van der Waals surface area (Å²) in [5.74, 6) is 0.111. The van der Waals surface area contributed by atoms with Crippen LogP contribution in [0.15, 0.2) is 18.2 Å². The van der Waals surface area contributed by atoms with Gasteiger partial charge in [-0.25, -0.2) is 0 Å². The normalized spacial score (nSPS) is 12.6. The van der Waals surface area contributed by atoms with Crippen molar-refractivity contribution in [1.29, 1.82) is 0 Å². The summed E-state index contributed by atoms with van der Waals surface area (Å²) in [5, 5.41) is 1.16. The topological polar surface area (TPSA) is 46.3 Å². The third kappa shape index (κ3) is 4.37. The molecule has 106 valence electrons. The minimum Gasteiger partial charge on any atom is -0.341 e. The van der Waals surface area contributed by atoms with Gasteiger partial charge in [0, 0.05) is 30.2 Å². The van der Waals surface area contributed by atoms with Crippen LogP contribution in [0.1, 0.15) is 19.4 Å². The first-order valence-electron chi connectivity index (χ1n) is 6.25. The molecular weight excluding hydrogens is 283 g/mol. The summed E-state index contributed by atoms with van der Waals surface area (Å²) < 4.78 is 0. The van der Waals surface area contributed by atoms with Gasteiger partial charge < -0.3 is 10.6 Å². The van der Waals surface area contributed by atoms with Crippen LogP contribution < -0.4 is 5.73 Å². The Morgan fingerprint density at radius 3 is 2.47 bits per heavy atom. The summed E-state index contributed by atoms with van der Waals surface area (Å²) in [6.07, 6.45) is 0. The van der Waals surface area contributed by atoms with E-state index >= 15 is 0 Å². The summed E-state index contributed by atoms with van der Waals surface area (Å²) in [6.45, 7) is 4.81. The quantitative estimate of drug-likeness (QED) is 0.908. The predicted molar refractivity (Wildman–Crippen MR) is 80.3 cm³/mol. The average molecular weight is 303 g/mol. The minimum absolute atomic E-state index is 0.0449. The number of hydrogen-bond donors (Lipinski definition) is 1. The fourth-order valence-corrected chi connectivity index (χ4v) is 2.39. The van der Waals surface area contributed by atoms with E-state index in [0.29, 0.717) is 23.1 Å². The molecule has 0 aromatic heterocycles. The third-order valence-electron chi connectivity index (χ3n) is 3.17. The van der Waals surface area contributed by atoms with E-state index in [4.69, 9.17) is 28.9 Å². The maximum atomic E-state index is 12.3. The van der Waals surface area contributed by atoms with Crippen LogP contribution in [0.3, 0.4) is 0 Å². The van der Waals surface area contributed by atoms with Gasteiger partial charge in [0.1, 0.15) is 0 Å². The van der Waals surface area contributed by atoms with Crippen LogP contribution in [0.25, 0.3) is 0 Å². The fourth-order valence-electron chi connectivity index (χ4n) is 1.92. The van der Waals surface area contributed by atoms with Crippen LogP contribution in [0.4, 0.5) is 0 Å². The van der Waals surface area contributed by atoms with E-state index in [9.17, 15) is 4.79 Å². The summed E-state index contributed by atoms with van der Waals surface area (Å²) in [4.78, 5) is 13.9. The predicted octanol–water partition coefficient (Wildman–Crippen LogP) is 3.18. The minimum atomic E-state index is -0.156. The summed E-state index contributed by atoms with van der Waals surface area (Å²) in [6, 6.07) is 5.28. The van der Waals surface area contributed by atoms with Gasteiger partial charge in [0.2, 0.25) is 5.91 Å². The maximum Gasteiger partial charge on any atom is 0.227 e. The van der Waals surface area contributed by atoms with Gasteiger partial charge in [0.25, 0.3) is 0 Å². The van der Waals surface area contributed by atoms with Crippen molar-refractivity contribution in [3.63, 3.8) is 0 Å². The zero-order valence-electron chi connectivity index (χ0n) is 11.5. The fraction of sp³-hybridized carbons (Fsp3) is 0.500. The monoisotopic (exact) mass is 302 g/mol. The number of carbonyl (C=O) groups excluding carboxylic acids is 1. The molecule has 1 unspecified atom stereocenters. The second kappa shape index (κ2) is 7.13. The number of nitrogens with two attached hydrogens (primary N) is 1. The van der Waals surface area contributed by atoms with Crippen LogP contribution >= 0.6 is 23.2 Å². The van der Waals surface area contributed by atoms with Crippen molar-refractivity contribution in [2.75, 3.05) is 13.6 Å². The van der Waals surface area contributed by atoms with Crippen LogP contribution in [-0.2, 0) is 11.3 Å². The Bertz CT molecular complexity index is 449. The zero-order valence-corrected chi connectivity index (χ0v) is 13.0. The van der Waals surface area contributed by atoms with Gasteiger partial charge in [-0.1, -0.05) is 43.1 Å². The molecule has 1 atom stereocenters. The van der Waals surface area contributed by atoms with Crippen LogP contribution in [0.2, 0.25) is 10.0 Å². The molecule has 0 fully saturated rings. The first-order chi connectivity index (χ1) is 8.86. The lowest BCUT2D eigenvalue weighted by atomic mass is 9.94. The summed E-state index contributed by atoms with van der Waals surface area (Å²) in [5.41, 5.74) is 6.54. The molecule has 1 aromatic rings. The lowest BCUT2D eigenvalue weighted by Gasteiger charge is -2.25. The standard InChI is InChI=1S/C14H20Cl2N2O/c1-9(2)12(7-17)14(19)18(3)8-10-4-5-11(15)6-13(10)16/h4-6,9,12H,7-8,17H2,1-3H3. The van der Waals surface area contributed by atoms with Gasteiger partial charge in [-0.2, -0.15) is 0 Å². The van der Waals surface area contributed by atoms with Crippen molar-refractivity contribution < 1.29 is 4.79 Å². The van der Waals surface area contributed by atoms with Crippen molar-refractivity contribution in [3.05, 3.63) is 33.8 Å². The van der Waals surface area contributed by atoms with Crippen molar-refractivity contribution >= 4 is 29.1 Å². The molecule has 0 bridgehead atoms. The number of hydrogen-bond acceptors (Lipinski definition) is 2. The lowest BCUT2D eigenvalue weighted by molar-refractivity contribution is -0.135. The highest BCUT2D eigenvalue weighted by Crippen LogP contribution is 2.23. The molecule has 0 saturated heterocycles. The number of halogens is 2. The molecule has 1 rings (SSSR count). The molecule has 0 saturated carbocycles. The molecule has 1 aromatic carbocycles. The van der Waals surface area contributed by atoms with E-state index in [1.165, 1.54) is 0 Å². The Balaban J connectivity index is 2.78. The molecule has 0 radical (unpaired) electrons. The number of rotatable bonds is 5. The number of carbonyl (C=O) groups is 1. The SMILES string of the molecule is CC(C)C(CN)C(=O)N(C)Cc1ccc(Cl)cc1Cl. The van der Waals surface area contributed by atoms with Gasteiger partial charge in [0.05, 0.1) is 5.92 Å². The molecule has 19 heavy (non-hydrogen) atoms. The van der Waals surface area contributed by atoms with Gasteiger partial charge in [-0.15, -0.1) is 0 Å². The van der Waals surface area contributed by atoms with Gasteiger partial charge in [-0.3, -0.25) is 4.79 Å². The molecule has 0 heterocycles. The lowest BCUT2D eigenvalue weighted by Crippen LogP contribution is -2.38. The van der Waals surface area contributed by atoms with Crippen molar-refractivity contribution in [2.24, 2.45) is 17.6 Å². The number of benzene rings is 1. The summed E-state index contributed by atoms with van der Waals surface area (Å²) in [7, 11) is 1.76. The van der Waals surface area contributed by atoms with Crippen LogP contribution in [-0.4, -0.2) is 24.4 Å². The molecule has 2 N–H and O–H groups in total. The molecule has 1 amide bonds. The molecule has 3 nitrogen and oxygen atoms in total. The Kier molecular flexibility index (Phi) is 6.11. The maximum absolute atomic E-state index is 12.3. The zero-order chi connectivity index (χ0) is 14.6. The smallest absolute Gasteiger partial charge is 0.227 e. The highest BCUT2D eigenvalue weighted by atomic mass is 35.5. The van der Waals surface area contributed by atoms with Crippen LogP contribution in [0.5, 0.6) is 0 Å². The van der Waals surface area contributed by atoms with Gasteiger partial charge in [-0.05, 0) is 23.6 Å². The van der Waals surface area contributed by atoms with Crippen molar-refractivity contribution in [3.8, 4) is 0 Å². The second-order valence-corrected chi connectivity index (χ2v) is 5.86. The first kappa shape index (κ1) is 16.3. The van der Waals surface area contributed by atoms with E-state index in [-0.39, 0.29) is 17.7 Å². The number of nitrogens with zero attached hydrogens (tertiary/aromatic N) is 1. The molecule has 5 heteroatoms. The van der Waals surface area contributed by atoms with Gasteiger partial charge in [0.15, 0.2) is 0 Å². The number of amides is 1. The molecule has 0 aliphatic heterocycles. The molecular formula is C14H20Cl2N2O. The second-order valence-electron chi connectivity index (χ2n) is 5.02. The average Bonchev–Trinajstić information content (AvgIpc) is 2.32. The van der Waals surface area contributed by atoms with Gasteiger partial charge >= 0.3 is 0 Å². The van der Waals surface area contributed by atoms with E-state index in [1.54, 1.807) is 24.1 Å². The van der Waals surface area contributed by atoms with E-state index in [0.717, 1.165) is 5.56 Å². The van der Waals surface area contributed by atoms with Crippen molar-refractivity contribution in [1.82, 2.24) is 4.90 Å². The Morgan fingerprint density at radius 1 is 1.37 bits per heavy atom. The Labute approximate surface area is 124 Å². The first-order valence-corrected chi connectivity index (χ1v) is 7.01. The Hall–Kier alpha value is -0.770. The van der Waals surface area contributed by atoms with Crippen LogP contribution in [0, 0.1) is 11.8 Å². The largest absolute Gasteiger partial charge is 0.341 e. The van der Waals surface area contributed by atoms with E-state index in [2.05, 4.69) is 0 Å². The molecule has 0 aliphatic carbocycles. The molecule has 0 aliphatic rings. The molecule has 0 spiro atoms. The van der Waals surface area contributed by atoms with E-state index < -0.39 is 0 Å². The summed E-state index contributed by atoms with van der Waals surface area (Å²) >= 11 is 12.0.